The molecule has 0 saturated heterocycles. The summed E-state index contributed by atoms with van der Waals surface area (Å²) < 4.78 is 17.9. The third-order valence-corrected chi connectivity index (χ3v) is 1.57. The molecule has 2 aromatic heterocycles. The molecule has 2 aromatic rings. The van der Waals surface area contributed by atoms with Crippen molar-refractivity contribution in [2.45, 2.75) is 0 Å². The molecule has 0 spiro atoms. The fraction of sp³-hybridized carbons (Fsp3) is 0. The van der Waals surface area contributed by atoms with Gasteiger partial charge in [0.2, 0.25) is 0 Å². The monoisotopic (exact) mass is 179 g/mol. The van der Waals surface area contributed by atoms with Crippen molar-refractivity contribution in [1.82, 2.24) is 10.1 Å². The molecular formula is C8H6FN3O. The number of aromatic nitrogens is 2. The number of hydrogen-bond acceptors (Lipinski definition) is 4. The van der Waals surface area contributed by atoms with Crippen molar-refractivity contribution in [1.29, 1.82) is 0 Å². The highest BCUT2D eigenvalue weighted by Gasteiger charge is 2.09. The Kier molecular flexibility index (Phi) is 1.70. The highest BCUT2D eigenvalue weighted by atomic mass is 19.1. The Labute approximate surface area is 73.2 Å². The second-order valence-electron chi connectivity index (χ2n) is 2.47. The van der Waals surface area contributed by atoms with Gasteiger partial charge in [0.25, 0.3) is 0 Å². The predicted octanol–water partition coefficient (Wildman–Crippen LogP) is 1.46. The molecule has 66 valence electrons. The zero-order valence-electron chi connectivity index (χ0n) is 6.57. The summed E-state index contributed by atoms with van der Waals surface area (Å²) in [6, 6.07) is 2.95. The smallest absolute Gasteiger partial charge is 0.172 e. The Morgan fingerprint density at radius 3 is 2.92 bits per heavy atom. The van der Waals surface area contributed by atoms with E-state index in [4.69, 9.17) is 10.3 Å². The Morgan fingerprint density at radius 2 is 2.31 bits per heavy atom. The van der Waals surface area contributed by atoms with Gasteiger partial charge in [-0.2, -0.15) is 0 Å². The average Bonchev–Trinajstić information content (AvgIpc) is 2.53. The van der Waals surface area contributed by atoms with Crippen LogP contribution < -0.4 is 5.73 Å². The molecule has 2 rings (SSSR count). The lowest BCUT2D eigenvalue weighted by molar-refractivity contribution is 0.433. The first-order chi connectivity index (χ1) is 6.27. The van der Waals surface area contributed by atoms with Gasteiger partial charge in [0.1, 0.15) is 0 Å². The zero-order chi connectivity index (χ0) is 9.26. The lowest BCUT2D eigenvalue weighted by Gasteiger charge is -1.94. The molecule has 5 heteroatoms. The van der Waals surface area contributed by atoms with E-state index in [1.54, 1.807) is 0 Å². The van der Waals surface area contributed by atoms with Crippen molar-refractivity contribution in [3.05, 3.63) is 30.3 Å². The van der Waals surface area contributed by atoms with Gasteiger partial charge in [0.15, 0.2) is 17.4 Å². The number of nitrogen functional groups attached to an aromatic ring is 1. The molecule has 2 N–H and O–H groups in total. The summed E-state index contributed by atoms with van der Waals surface area (Å²) in [7, 11) is 0. The molecule has 0 amide bonds. The standard InChI is InChI=1S/C8H6FN3O/c9-6-4-11-2-1-5(6)7-3-8(10)12-13-7/h1-4H,(H2,10,12). The van der Waals surface area contributed by atoms with Crippen LogP contribution in [-0.4, -0.2) is 10.1 Å². The van der Waals surface area contributed by atoms with E-state index in [1.165, 1.54) is 18.3 Å². The van der Waals surface area contributed by atoms with Crippen LogP contribution in [0.3, 0.4) is 0 Å². The lowest BCUT2D eigenvalue weighted by Crippen LogP contribution is -1.83. The lowest BCUT2D eigenvalue weighted by atomic mass is 10.2. The first kappa shape index (κ1) is 7.72. The molecule has 0 radical (unpaired) electrons. The van der Waals surface area contributed by atoms with Crippen LogP contribution in [0.15, 0.2) is 29.0 Å². The zero-order valence-corrected chi connectivity index (χ0v) is 6.57. The number of halogens is 1. The van der Waals surface area contributed by atoms with E-state index >= 15 is 0 Å². The first-order valence-corrected chi connectivity index (χ1v) is 3.59. The highest BCUT2D eigenvalue weighted by Crippen LogP contribution is 2.22. The summed E-state index contributed by atoms with van der Waals surface area (Å²) >= 11 is 0. The van der Waals surface area contributed by atoms with Crippen LogP contribution >= 0.6 is 0 Å². The average molecular weight is 179 g/mol. The van der Waals surface area contributed by atoms with Crippen LogP contribution in [0.25, 0.3) is 11.3 Å². The second-order valence-corrected chi connectivity index (χ2v) is 2.47. The minimum atomic E-state index is -0.460. The molecule has 0 atom stereocenters. The van der Waals surface area contributed by atoms with E-state index in [2.05, 4.69) is 10.1 Å². The van der Waals surface area contributed by atoms with E-state index in [0.29, 0.717) is 11.3 Å². The largest absolute Gasteiger partial charge is 0.381 e. The van der Waals surface area contributed by atoms with E-state index in [9.17, 15) is 4.39 Å². The second kappa shape index (κ2) is 2.85. The van der Waals surface area contributed by atoms with E-state index < -0.39 is 5.82 Å². The minimum Gasteiger partial charge on any atom is -0.381 e. The molecule has 4 nitrogen and oxygen atoms in total. The van der Waals surface area contributed by atoms with Crippen LogP contribution in [0.2, 0.25) is 0 Å². The number of nitrogens with zero attached hydrogens (tertiary/aromatic N) is 2. The molecule has 2 heterocycles. The molecule has 13 heavy (non-hydrogen) atoms. The maximum absolute atomic E-state index is 13.1. The summed E-state index contributed by atoms with van der Waals surface area (Å²) in [6.07, 6.45) is 2.57. The van der Waals surface area contributed by atoms with E-state index in [0.717, 1.165) is 6.20 Å². The number of hydrogen-bond donors (Lipinski definition) is 1. The topological polar surface area (TPSA) is 64.9 Å². The molecule has 0 bridgehead atoms. The summed E-state index contributed by atoms with van der Waals surface area (Å²) in [4.78, 5) is 3.61. The van der Waals surface area contributed by atoms with Gasteiger partial charge in [0.05, 0.1) is 11.8 Å². The molecule has 0 aliphatic rings. The minimum absolute atomic E-state index is 0.228. The SMILES string of the molecule is Nc1cc(-c2ccncc2F)on1. The quantitative estimate of drug-likeness (QED) is 0.719. The summed E-state index contributed by atoms with van der Waals surface area (Å²) in [5.41, 5.74) is 5.63. The van der Waals surface area contributed by atoms with Gasteiger partial charge in [-0.3, -0.25) is 4.98 Å². The van der Waals surface area contributed by atoms with Gasteiger partial charge >= 0.3 is 0 Å². The van der Waals surface area contributed by atoms with Crippen molar-refractivity contribution in [2.75, 3.05) is 5.73 Å². The van der Waals surface area contributed by atoms with Crippen molar-refractivity contribution >= 4 is 5.82 Å². The Morgan fingerprint density at radius 1 is 1.46 bits per heavy atom. The first-order valence-electron chi connectivity index (χ1n) is 3.59. The van der Waals surface area contributed by atoms with Gasteiger partial charge in [-0.05, 0) is 6.07 Å². The third-order valence-electron chi connectivity index (χ3n) is 1.57. The van der Waals surface area contributed by atoms with Gasteiger partial charge < -0.3 is 10.3 Å². The fourth-order valence-electron chi connectivity index (χ4n) is 0.991. The Bertz CT molecular complexity index is 427. The third kappa shape index (κ3) is 1.35. The molecule has 0 aromatic carbocycles. The van der Waals surface area contributed by atoms with Crippen LogP contribution in [0.4, 0.5) is 10.2 Å². The summed E-state index contributed by atoms with van der Waals surface area (Å²) in [5, 5.41) is 3.45. The normalized spacial score (nSPS) is 10.2. The molecule has 0 fully saturated rings. The Hall–Kier alpha value is -1.91. The van der Waals surface area contributed by atoms with Crippen molar-refractivity contribution < 1.29 is 8.91 Å². The van der Waals surface area contributed by atoms with Gasteiger partial charge in [-0.1, -0.05) is 5.16 Å². The van der Waals surface area contributed by atoms with Crippen molar-refractivity contribution in [2.24, 2.45) is 0 Å². The fourth-order valence-corrected chi connectivity index (χ4v) is 0.991. The Balaban J connectivity index is 2.52. The molecular weight excluding hydrogens is 173 g/mol. The van der Waals surface area contributed by atoms with Gasteiger partial charge in [-0.15, -0.1) is 0 Å². The number of pyridine rings is 1. The van der Waals surface area contributed by atoms with Crippen LogP contribution in [-0.2, 0) is 0 Å². The highest BCUT2D eigenvalue weighted by molar-refractivity contribution is 5.59. The molecule has 0 unspecified atom stereocenters. The number of rotatable bonds is 1. The maximum atomic E-state index is 13.1. The van der Waals surface area contributed by atoms with Gasteiger partial charge in [0, 0.05) is 12.3 Å². The molecule has 0 aliphatic heterocycles. The molecule has 0 aliphatic carbocycles. The van der Waals surface area contributed by atoms with Crippen molar-refractivity contribution in [3.8, 4) is 11.3 Å². The van der Waals surface area contributed by atoms with Crippen LogP contribution in [0.1, 0.15) is 0 Å². The summed E-state index contributed by atoms with van der Waals surface area (Å²) in [6.45, 7) is 0. The van der Waals surface area contributed by atoms with E-state index in [-0.39, 0.29) is 5.82 Å². The number of nitrogens with two attached hydrogens (primary N) is 1. The van der Waals surface area contributed by atoms with Crippen LogP contribution in [0.5, 0.6) is 0 Å². The summed E-state index contributed by atoms with van der Waals surface area (Å²) in [5.74, 6) is 0.0715. The maximum Gasteiger partial charge on any atom is 0.172 e. The van der Waals surface area contributed by atoms with Crippen LogP contribution in [0, 0.1) is 5.82 Å². The molecule has 0 saturated carbocycles. The van der Waals surface area contributed by atoms with Gasteiger partial charge in [-0.25, -0.2) is 4.39 Å². The van der Waals surface area contributed by atoms with Crippen molar-refractivity contribution in [3.63, 3.8) is 0 Å². The van der Waals surface area contributed by atoms with E-state index in [1.807, 2.05) is 0 Å². The number of anilines is 1. The predicted molar refractivity (Wildman–Crippen MR) is 44.1 cm³/mol.